The third-order valence-electron chi connectivity index (χ3n) is 2.33. The molecule has 1 aliphatic heterocycles. The van der Waals surface area contributed by atoms with Gasteiger partial charge in [-0.2, -0.15) is 0 Å². The summed E-state index contributed by atoms with van der Waals surface area (Å²) in [5.41, 5.74) is 3.14. The minimum Gasteiger partial charge on any atom is -0.337 e. The van der Waals surface area contributed by atoms with Crippen LogP contribution in [-0.4, -0.2) is 25.7 Å². The number of benzene rings is 1. The summed E-state index contributed by atoms with van der Waals surface area (Å²) < 4.78 is 0. The van der Waals surface area contributed by atoms with Crippen molar-refractivity contribution in [2.45, 2.75) is 6.54 Å². The Labute approximate surface area is 72.6 Å². The summed E-state index contributed by atoms with van der Waals surface area (Å²) in [4.78, 5) is 13.3. The molecule has 3 heteroatoms. The van der Waals surface area contributed by atoms with E-state index < -0.39 is 0 Å². The zero-order valence-corrected chi connectivity index (χ0v) is 7.29. The maximum atomic E-state index is 11.5. The number of rotatable bonds is 0. The standard InChI is InChI=1S/C9H10BNO/c1-11-5-6-3-2-4-7(10)8(6)9(11)12/h2-4H,5,10H2,1H3. The first-order chi connectivity index (χ1) is 5.70. The Morgan fingerprint density at radius 2 is 2.25 bits per heavy atom. The summed E-state index contributed by atoms with van der Waals surface area (Å²) in [6.07, 6.45) is 0. The van der Waals surface area contributed by atoms with E-state index in [0.29, 0.717) is 0 Å². The van der Waals surface area contributed by atoms with Gasteiger partial charge in [-0.15, -0.1) is 0 Å². The second-order valence-electron chi connectivity index (χ2n) is 3.27. The second-order valence-corrected chi connectivity index (χ2v) is 3.27. The molecule has 0 atom stereocenters. The molecule has 0 N–H and O–H groups in total. The Balaban J connectivity index is 2.62. The van der Waals surface area contributed by atoms with Crippen molar-refractivity contribution in [3.8, 4) is 0 Å². The molecule has 0 aliphatic carbocycles. The fourth-order valence-corrected chi connectivity index (χ4v) is 1.68. The summed E-state index contributed by atoms with van der Waals surface area (Å²) >= 11 is 0. The lowest BCUT2D eigenvalue weighted by molar-refractivity contribution is 0.0817. The van der Waals surface area contributed by atoms with Crippen LogP contribution in [0.15, 0.2) is 18.2 Å². The molecule has 0 radical (unpaired) electrons. The Morgan fingerprint density at radius 1 is 1.50 bits per heavy atom. The number of carbonyl (C=O) groups excluding carboxylic acids is 1. The van der Waals surface area contributed by atoms with Crippen LogP contribution in [0.3, 0.4) is 0 Å². The predicted octanol–water partition coefficient (Wildman–Crippen LogP) is -0.469. The average Bonchev–Trinajstić information content (AvgIpc) is 2.29. The molecule has 1 aliphatic rings. The summed E-state index contributed by atoms with van der Waals surface area (Å²) in [7, 11) is 3.82. The van der Waals surface area contributed by atoms with E-state index in [1.807, 2.05) is 33.1 Å². The normalized spacial score (nSPS) is 15.1. The average molecular weight is 159 g/mol. The van der Waals surface area contributed by atoms with Crippen LogP contribution in [0.2, 0.25) is 0 Å². The number of amides is 1. The van der Waals surface area contributed by atoms with Gasteiger partial charge in [0.15, 0.2) is 0 Å². The summed E-state index contributed by atoms with van der Waals surface area (Å²) in [5, 5.41) is 0. The maximum Gasteiger partial charge on any atom is 0.253 e. The number of carbonyl (C=O) groups is 1. The lowest BCUT2D eigenvalue weighted by Gasteiger charge is -2.05. The SMILES string of the molecule is Bc1cccc2c1C(=O)N(C)C2. The Hall–Kier alpha value is -1.25. The summed E-state index contributed by atoms with van der Waals surface area (Å²) in [6, 6.07) is 6.00. The second kappa shape index (κ2) is 2.37. The molecule has 0 aromatic heterocycles. The zero-order chi connectivity index (χ0) is 8.72. The molecule has 1 aromatic rings. The van der Waals surface area contributed by atoms with Crippen LogP contribution in [0.25, 0.3) is 0 Å². The van der Waals surface area contributed by atoms with Crippen LogP contribution in [0, 0.1) is 0 Å². The van der Waals surface area contributed by atoms with Gasteiger partial charge in [-0.1, -0.05) is 23.7 Å². The molecule has 0 spiro atoms. The quantitative estimate of drug-likeness (QED) is 0.468. The van der Waals surface area contributed by atoms with Gasteiger partial charge in [0.1, 0.15) is 7.85 Å². The molecule has 2 rings (SSSR count). The van der Waals surface area contributed by atoms with E-state index in [9.17, 15) is 4.79 Å². The van der Waals surface area contributed by atoms with Gasteiger partial charge in [0.2, 0.25) is 0 Å². The molecule has 1 amide bonds. The van der Waals surface area contributed by atoms with Gasteiger partial charge in [0, 0.05) is 19.2 Å². The van der Waals surface area contributed by atoms with Crippen LogP contribution in [0.1, 0.15) is 15.9 Å². The van der Waals surface area contributed by atoms with Crippen molar-refractivity contribution in [3.63, 3.8) is 0 Å². The first-order valence-corrected chi connectivity index (χ1v) is 4.04. The van der Waals surface area contributed by atoms with Crippen molar-refractivity contribution < 1.29 is 4.79 Å². The van der Waals surface area contributed by atoms with Gasteiger partial charge in [0.05, 0.1) is 0 Å². The minimum absolute atomic E-state index is 0.156. The van der Waals surface area contributed by atoms with E-state index in [-0.39, 0.29) is 5.91 Å². The fraction of sp³-hybridized carbons (Fsp3) is 0.222. The van der Waals surface area contributed by atoms with Crippen LogP contribution >= 0.6 is 0 Å². The van der Waals surface area contributed by atoms with Crippen molar-refractivity contribution in [3.05, 3.63) is 29.3 Å². The first kappa shape index (κ1) is 7.41. The van der Waals surface area contributed by atoms with E-state index in [4.69, 9.17) is 0 Å². The molecule has 0 unspecified atom stereocenters. The zero-order valence-electron chi connectivity index (χ0n) is 7.29. The highest BCUT2D eigenvalue weighted by molar-refractivity contribution is 6.37. The fourth-order valence-electron chi connectivity index (χ4n) is 1.68. The van der Waals surface area contributed by atoms with E-state index in [2.05, 4.69) is 0 Å². The van der Waals surface area contributed by atoms with Crippen LogP contribution in [-0.2, 0) is 6.54 Å². The topological polar surface area (TPSA) is 20.3 Å². The van der Waals surface area contributed by atoms with E-state index in [1.54, 1.807) is 4.90 Å². The Kier molecular flexibility index (Phi) is 1.46. The van der Waals surface area contributed by atoms with Crippen LogP contribution < -0.4 is 5.46 Å². The van der Waals surface area contributed by atoms with E-state index in [0.717, 1.165) is 23.1 Å². The van der Waals surface area contributed by atoms with E-state index >= 15 is 0 Å². The molecule has 0 bridgehead atoms. The number of hydrogen-bond donors (Lipinski definition) is 0. The number of nitrogens with zero attached hydrogens (tertiary/aromatic N) is 1. The van der Waals surface area contributed by atoms with Gasteiger partial charge < -0.3 is 4.90 Å². The molecule has 2 nitrogen and oxygen atoms in total. The molecule has 1 heterocycles. The first-order valence-electron chi connectivity index (χ1n) is 4.04. The van der Waals surface area contributed by atoms with E-state index in [1.165, 1.54) is 0 Å². The Bertz CT molecular complexity index is 348. The van der Waals surface area contributed by atoms with Crippen molar-refractivity contribution in [2.24, 2.45) is 0 Å². The highest BCUT2D eigenvalue weighted by Gasteiger charge is 2.24. The van der Waals surface area contributed by atoms with Crippen molar-refractivity contribution in [2.75, 3.05) is 7.05 Å². The van der Waals surface area contributed by atoms with Gasteiger partial charge in [0.25, 0.3) is 5.91 Å². The smallest absolute Gasteiger partial charge is 0.253 e. The molecule has 0 fully saturated rings. The minimum atomic E-state index is 0.156. The molecule has 60 valence electrons. The lowest BCUT2D eigenvalue weighted by Crippen LogP contribution is -2.22. The van der Waals surface area contributed by atoms with Gasteiger partial charge in [-0.3, -0.25) is 4.79 Å². The van der Waals surface area contributed by atoms with Crippen molar-refractivity contribution >= 4 is 19.2 Å². The molecular formula is C9H10BNO. The van der Waals surface area contributed by atoms with Crippen molar-refractivity contribution in [1.82, 2.24) is 4.90 Å². The summed E-state index contributed by atoms with van der Waals surface area (Å²) in [6.45, 7) is 0.760. The molecule has 0 saturated heterocycles. The number of hydrogen-bond acceptors (Lipinski definition) is 1. The van der Waals surface area contributed by atoms with Gasteiger partial charge in [-0.25, -0.2) is 0 Å². The maximum absolute atomic E-state index is 11.5. The van der Waals surface area contributed by atoms with Crippen LogP contribution in [0.4, 0.5) is 0 Å². The van der Waals surface area contributed by atoms with Crippen molar-refractivity contribution in [1.29, 1.82) is 0 Å². The molecular weight excluding hydrogens is 149 g/mol. The third-order valence-corrected chi connectivity index (χ3v) is 2.33. The van der Waals surface area contributed by atoms with Gasteiger partial charge in [-0.05, 0) is 5.56 Å². The lowest BCUT2D eigenvalue weighted by atomic mass is 9.89. The predicted molar refractivity (Wildman–Crippen MR) is 50.4 cm³/mol. The molecule has 12 heavy (non-hydrogen) atoms. The molecule has 1 aromatic carbocycles. The number of fused-ring (bicyclic) bond motifs is 1. The molecule has 0 saturated carbocycles. The summed E-state index contributed by atoms with van der Waals surface area (Å²) in [5.74, 6) is 0.156. The third kappa shape index (κ3) is 0.859. The Morgan fingerprint density at radius 3 is 2.92 bits per heavy atom. The highest BCUT2D eigenvalue weighted by atomic mass is 16.2. The van der Waals surface area contributed by atoms with Crippen LogP contribution in [0.5, 0.6) is 0 Å². The largest absolute Gasteiger partial charge is 0.337 e. The highest BCUT2D eigenvalue weighted by Crippen LogP contribution is 2.18. The monoisotopic (exact) mass is 159 g/mol. The van der Waals surface area contributed by atoms with Gasteiger partial charge >= 0.3 is 0 Å².